The molecule has 4 rings (SSSR count). The van der Waals surface area contributed by atoms with E-state index < -0.39 is 41.7 Å². The molecule has 0 aliphatic heterocycles. The van der Waals surface area contributed by atoms with Crippen molar-refractivity contribution in [2.45, 2.75) is 9.79 Å². The molecular weight excluding hydrogens is 606 g/mol. The topological polar surface area (TPSA) is 214 Å². The van der Waals surface area contributed by atoms with Crippen LogP contribution in [-0.2, 0) is 20.2 Å². The SMILES string of the molecule is Nc1ccc2cc(S(=O)(=O)[O-])cc([O-])c2c1N=Nc1ccc(NC(=O)c2cccc(Cl)c2)cc1S(=O)(=O)O.[Na+].[Na+]. The van der Waals surface area contributed by atoms with E-state index in [2.05, 4.69) is 15.5 Å². The number of hydrogen-bond acceptors (Lipinski definition) is 10. The molecule has 4 N–H and O–H groups in total. The minimum atomic E-state index is -4.92. The minimum Gasteiger partial charge on any atom is -0.872 e. The van der Waals surface area contributed by atoms with Crippen LogP contribution in [0.15, 0.2) is 86.7 Å². The zero-order chi connectivity index (χ0) is 27.8. The van der Waals surface area contributed by atoms with E-state index in [9.17, 15) is 35.8 Å². The number of carbonyl (C=O) groups is 1. The maximum absolute atomic E-state index is 12.6. The van der Waals surface area contributed by atoms with Crippen LogP contribution in [0.4, 0.5) is 22.7 Å². The molecule has 0 heterocycles. The van der Waals surface area contributed by atoms with Crippen molar-refractivity contribution in [3.8, 4) is 5.75 Å². The van der Waals surface area contributed by atoms with Gasteiger partial charge < -0.3 is 20.7 Å². The number of azo groups is 1. The second kappa shape index (κ2) is 13.3. The standard InChI is InChI=1S/C23H17ClN4O8S2.2Na/c24-14-3-1-2-13(8-14)23(30)26-15-5-7-18(20(10-15)38(34,35)36)27-28-22-17(25)6-4-12-9-16(37(31,32)33)11-19(29)21(12)22;;/h1-11,29H,25H2,(H,26,30)(H,31,32,33)(H,34,35,36);;/q;2*+1/p-2. The molecule has 0 unspecified atom stereocenters. The fraction of sp³-hybridized carbons (Fsp3) is 0. The van der Waals surface area contributed by atoms with Crippen LogP contribution < -0.4 is 75.3 Å². The van der Waals surface area contributed by atoms with Gasteiger partial charge in [-0.3, -0.25) is 9.35 Å². The summed E-state index contributed by atoms with van der Waals surface area (Å²) in [6.07, 6.45) is 0. The van der Waals surface area contributed by atoms with Gasteiger partial charge in [-0.1, -0.05) is 35.5 Å². The number of nitrogen functional groups attached to an aromatic ring is 1. The number of rotatable bonds is 6. The van der Waals surface area contributed by atoms with E-state index in [4.69, 9.17) is 17.3 Å². The van der Waals surface area contributed by atoms with Crippen molar-refractivity contribution in [3.63, 3.8) is 0 Å². The maximum Gasteiger partial charge on any atom is 1.00 e. The van der Waals surface area contributed by atoms with Gasteiger partial charge in [0.2, 0.25) is 0 Å². The molecule has 0 bridgehead atoms. The predicted molar refractivity (Wildman–Crippen MR) is 136 cm³/mol. The van der Waals surface area contributed by atoms with Crippen LogP contribution in [0.1, 0.15) is 10.4 Å². The molecule has 4 aromatic rings. The molecule has 196 valence electrons. The molecule has 0 aliphatic carbocycles. The van der Waals surface area contributed by atoms with Gasteiger partial charge in [0.15, 0.2) is 0 Å². The van der Waals surface area contributed by atoms with Crippen LogP contribution in [0.3, 0.4) is 0 Å². The second-order valence-electron chi connectivity index (χ2n) is 7.80. The molecule has 0 spiro atoms. The Hall–Kier alpha value is -2.08. The quantitative estimate of drug-likeness (QED) is 0.0937. The summed E-state index contributed by atoms with van der Waals surface area (Å²) in [5.41, 5.74) is 5.47. The molecule has 12 nitrogen and oxygen atoms in total. The van der Waals surface area contributed by atoms with Gasteiger partial charge >= 0.3 is 59.1 Å². The smallest absolute Gasteiger partial charge is 0.872 e. The number of amides is 1. The van der Waals surface area contributed by atoms with Gasteiger partial charge in [0.1, 0.15) is 26.4 Å². The van der Waals surface area contributed by atoms with Gasteiger partial charge in [-0.05, 0) is 53.9 Å². The summed E-state index contributed by atoms with van der Waals surface area (Å²) in [6.45, 7) is 0. The molecule has 0 radical (unpaired) electrons. The summed E-state index contributed by atoms with van der Waals surface area (Å²) in [5, 5.41) is 22.9. The Labute approximate surface area is 277 Å². The van der Waals surface area contributed by atoms with E-state index >= 15 is 0 Å². The molecule has 0 aromatic heterocycles. The number of benzene rings is 4. The van der Waals surface area contributed by atoms with Crippen LogP contribution >= 0.6 is 11.6 Å². The number of fused-ring (bicyclic) bond motifs is 1. The molecular formula is C23H15ClN4Na2O8S2. The minimum absolute atomic E-state index is 0. The zero-order valence-electron chi connectivity index (χ0n) is 20.8. The van der Waals surface area contributed by atoms with Crippen LogP contribution in [0.2, 0.25) is 5.02 Å². The van der Waals surface area contributed by atoms with E-state index in [1.54, 1.807) is 12.1 Å². The molecule has 17 heteroatoms. The van der Waals surface area contributed by atoms with Crippen molar-refractivity contribution in [1.29, 1.82) is 0 Å². The fourth-order valence-corrected chi connectivity index (χ4v) is 4.83. The Kier molecular flexibility index (Phi) is 11.3. The summed E-state index contributed by atoms with van der Waals surface area (Å²) in [6, 6.07) is 13.6. The van der Waals surface area contributed by atoms with Crippen molar-refractivity contribution in [2.75, 3.05) is 11.1 Å². The normalized spacial score (nSPS) is 11.6. The Bertz CT molecular complexity index is 1870. The van der Waals surface area contributed by atoms with Gasteiger partial charge in [0.05, 0.1) is 10.6 Å². The Balaban J connectivity index is 0.00000280. The number of carbonyl (C=O) groups excluding carboxylic acids is 1. The maximum atomic E-state index is 12.6. The van der Waals surface area contributed by atoms with Crippen LogP contribution in [0.25, 0.3) is 10.8 Å². The molecule has 0 fully saturated rings. The largest absolute Gasteiger partial charge is 1.00 e. The van der Waals surface area contributed by atoms with E-state index in [1.165, 1.54) is 30.3 Å². The summed E-state index contributed by atoms with van der Waals surface area (Å²) >= 11 is 5.88. The Morgan fingerprint density at radius 3 is 2.27 bits per heavy atom. The van der Waals surface area contributed by atoms with Crippen molar-refractivity contribution < 1.29 is 95.0 Å². The molecule has 0 atom stereocenters. The molecule has 0 saturated carbocycles. The van der Waals surface area contributed by atoms with Gasteiger partial charge in [-0.15, -0.1) is 10.2 Å². The predicted octanol–water partition coefficient (Wildman–Crippen LogP) is -2.02. The van der Waals surface area contributed by atoms with Gasteiger partial charge in [0.25, 0.3) is 16.0 Å². The van der Waals surface area contributed by atoms with Crippen molar-refractivity contribution in [2.24, 2.45) is 10.2 Å². The summed E-state index contributed by atoms with van der Waals surface area (Å²) in [7, 11) is -9.79. The third-order valence-electron chi connectivity index (χ3n) is 5.19. The van der Waals surface area contributed by atoms with Crippen molar-refractivity contribution >= 4 is 71.3 Å². The van der Waals surface area contributed by atoms with Crippen molar-refractivity contribution in [1.82, 2.24) is 0 Å². The Morgan fingerprint density at radius 1 is 0.950 bits per heavy atom. The van der Waals surface area contributed by atoms with Gasteiger partial charge in [-0.25, -0.2) is 8.42 Å². The number of halogens is 1. The van der Waals surface area contributed by atoms with E-state index in [-0.39, 0.29) is 98.2 Å². The first kappa shape index (κ1) is 34.1. The summed E-state index contributed by atoms with van der Waals surface area (Å²) < 4.78 is 67.8. The second-order valence-corrected chi connectivity index (χ2v) is 11.0. The molecule has 1 amide bonds. The van der Waals surface area contributed by atoms with E-state index in [1.807, 2.05) is 0 Å². The summed E-state index contributed by atoms with van der Waals surface area (Å²) in [4.78, 5) is 11.0. The van der Waals surface area contributed by atoms with Crippen LogP contribution in [0.5, 0.6) is 5.75 Å². The van der Waals surface area contributed by atoms with Crippen molar-refractivity contribution in [3.05, 3.63) is 77.3 Å². The van der Waals surface area contributed by atoms with Gasteiger partial charge in [0, 0.05) is 21.7 Å². The third-order valence-corrected chi connectivity index (χ3v) is 7.12. The number of nitrogens with zero attached hydrogens (tertiary/aromatic N) is 2. The van der Waals surface area contributed by atoms with Crippen LogP contribution in [0, 0.1) is 0 Å². The number of nitrogens with one attached hydrogen (secondary N) is 1. The first-order valence-electron chi connectivity index (χ1n) is 10.3. The third kappa shape index (κ3) is 7.80. The van der Waals surface area contributed by atoms with E-state index in [0.717, 1.165) is 18.2 Å². The molecule has 0 saturated heterocycles. The average Bonchev–Trinajstić information content (AvgIpc) is 2.82. The first-order valence-corrected chi connectivity index (χ1v) is 13.6. The molecule has 40 heavy (non-hydrogen) atoms. The fourth-order valence-electron chi connectivity index (χ4n) is 3.47. The number of anilines is 2. The monoisotopic (exact) mass is 620 g/mol. The zero-order valence-corrected chi connectivity index (χ0v) is 27.2. The molecule has 0 aliphatic rings. The van der Waals surface area contributed by atoms with Gasteiger partial charge in [-0.2, -0.15) is 8.42 Å². The number of nitrogens with two attached hydrogens (primary N) is 1. The molecule has 4 aromatic carbocycles. The average molecular weight is 621 g/mol. The number of hydrogen-bond donors (Lipinski definition) is 3. The summed E-state index contributed by atoms with van der Waals surface area (Å²) in [5.74, 6) is -1.48. The van der Waals surface area contributed by atoms with Crippen LogP contribution in [-0.4, -0.2) is 31.8 Å². The van der Waals surface area contributed by atoms with E-state index in [0.29, 0.717) is 11.1 Å². The Morgan fingerprint density at radius 2 is 1.65 bits per heavy atom. The first-order chi connectivity index (χ1) is 17.7.